The van der Waals surface area contributed by atoms with Gasteiger partial charge in [0.2, 0.25) is 23.6 Å². The van der Waals surface area contributed by atoms with E-state index in [1.807, 2.05) is 67.6 Å². The highest BCUT2D eigenvalue weighted by molar-refractivity contribution is 5.67. The van der Waals surface area contributed by atoms with E-state index in [2.05, 4.69) is 59.9 Å². The fraction of sp³-hybridized carbons (Fsp3) is 0.172. The Morgan fingerprint density at radius 3 is 1.49 bits per heavy atom. The number of rotatable bonds is 5. The number of hydrogen-bond donors (Lipinski definition) is 0. The minimum atomic E-state index is 0.0850. The number of benzene rings is 3. The molecule has 0 fully saturated rings. The summed E-state index contributed by atoms with van der Waals surface area (Å²) < 4.78 is 11.9. The first-order valence-corrected chi connectivity index (χ1v) is 11.4. The normalized spacial score (nSPS) is 11.5. The summed E-state index contributed by atoms with van der Waals surface area (Å²) in [6.07, 6.45) is 0. The van der Waals surface area contributed by atoms with Gasteiger partial charge in [-0.05, 0) is 65.9 Å². The van der Waals surface area contributed by atoms with Crippen molar-refractivity contribution in [2.75, 3.05) is 0 Å². The second-order valence-electron chi connectivity index (χ2n) is 9.59. The third-order valence-corrected chi connectivity index (χ3v) is 5.83. The van der Waals surface area contributed by atoms with Gasteiger partial charge in [-0.2, -0.15) is 0 Å². The molecule has 5 rings (SSSR count). The summed E-state index contributed by atoms with van der Waals surface area (Å²) in [5, 5.41) is 17.0. The Balaban J connectivity index is 1.38. The molecule has 6 nitrogen and oxygen atoms in total. The Morgan fingerprint density at radius 1 is 0.629 bits per heavy atom. The van der Waals surface area contributed by atoms with Crippen LogP contribution in [0.15, 0.2) is 88.2 Å². The topological polar surface area (TPSA) is 77.8 Å². The highest BCUT2D eigenvalue weighted by atomic mass is 16.4. The lowest BCUT2D eigenvalue weighted by atomic mass is 9.87. The molecule has 0 saturated carbocycles. The third-order valence-electron chi connectivity index (χ3n) is 5.83. The minimum Gasteiger partial charge on any atom is -0.416 e. The van der Waals surface area contributed by atoms with Gasteiger partial charge in [0.05, 0.1) is 0 Å². The van der Waals surface area contributed by atoms with Crippen LogP contribution in [0.1, 0.15) is 38.8 Å². The second-order valence-corrected chi connectivity index (χ2v) is 9.59. The van der Waals surface area contributed by atoms with E-state index >= 15 is 0 Å². The lowest BCUT2D eigenvalue weighted by Gasteiger charge is -2.18. The summed E-state index contributed by atoms with van der Waals surface area (Å²) in [7, 11) is 0. The molecule has 0 aliphatic carbocycles. The average Bonchev–Trinajstić information content (AvgIpc) is 3.54. The van der Waals surface area contributed by atoms with Crippen LogP contribution in [0.4, 0.5) is 0 Å². The Morgan fingerprint density at radius 2 is 1.06 bits per heavy atom. The number of aromatic nitrogens is 4. The molecule has 6 heteroatoms. The highest BCUT2D eigenvalue weighted by Gasteiger charge is 2.16. The molecule has 0 radical (unpaired) electrons. The fourth-order valence-corrected chi connectivity index (χ4v) is 3.71. The maximum Gasteiger partial charge on any atom is 0.248 e. The maximum absolute atomic E-state index is 5.98. The van der Waals surface area contributed by atoms with Gasteiger partial charge in [-0.15, -0.1) is 20.4 Å². The lowest BCUT2D eigenvalue weighted by molar-refractivity contribution is 0.581. The van der Waals surface area contributed by atoms with E-state index in [4.69, 9.17) is 8.83 Å². The van der Waals surface area contributed by atoms with E-state index in [-0.39, 0.29) is 5.41 Å². The molecule has 0 amide bonds. The van der Waals surface area contributed by atoms with Crippen molar-refractivity contribution >= 4 is 5.57 Å². The van der Waals surface area contributed by atoms with Gasteiger partial charge in [0.25, 0.3) is 0 Å². The van der Waals surface area contributed by atoms with Crippen molar-refractivity contribution in [3.05, 3.63) is 90.5 Å². The number of nitrogens with zero attached hydrogens (tertiary/aromatic N) is 4. The van der Waals surface area contributed by atoms with Crippen LogP contribution in [0.2, 0.25) is 0 Å². The third kappa shape index (κ3) is 4.68. The van der Waals surface area contributed by atoms with Crippen molar-refractivity contribution in [1.29, 1.82) is 0 Å². The van der Waals surface area contributed by atoms with E-state index in [9.17, 15) is 0 Å². The predicted octanol–water partition coefficient (Wildman–Crippen LogP) is 7.45. The molecule has 0 N–H and O–H groups in total. The molecule has 2 aromatic heterocycles. The summed E-state index contributed by atoms with van der Waals surface area (Å²) in [5.74, 6) is 1.78. The van der Waals surface area contributed by atoms with Crippen molar-refractivity contribution in [3.8, 4) is 45.8 Å². The molecular formula is C29H26N4O2. The van der Waals surface area contributed by atoms with Gasteiger partial charge >= 0.3 is 0 Å². The molecular weight excluding hydrogens is 436 g/mol. The van der Waals surface area contributed by atoms with Crippen LogP contribution in [0.25, 0.3) is 51.4 Å². The molecule has 0 bridgehead atoms. The quantitative estimate of drug-likeness (QED) is 0.270. The molecule has 0 atom stereocenters. The summed E-state index contributed by atoms with van der Waals surface area (Å²) in [5.41, 5.74) is 6.69. The van der Waals surface area contributed by atoms with E-state index < -0.39 is 0 Å². The van der Waals surface area contributed by atoms with Crippen LogP contribution in [-0.4, -0.2) is 20.4 Å². The zero-order valence-electron chi connectivity index (χ0n) is 20.2. The van der Waals surface area contributed by atoms with Gasteiger partial charge in [-0.25, -0.2) is 0 Å². The maximum atomic E-state index is 5.98. The Hall–Kier alpha value is -4.32. The van der Waals surface area contributed by atoms with Crippen molar-refractivity contribution < 1.29 is 8.83 Å². The zero-order valence-corrected chi connectivity index (χ0v) is 20.2. The standard InChI is InChI=1S/C29H26N4O2/c1-18(2)19-9-11-20(12-10-19)25-30-32-27(34-25)22-7-6-8-23(17-22)28-33-31-26(35-28)21-13-15-24(16-14-21)29(3,4)5/h6-17H,1H2,2-5H3. The van der Waals surface area contributed by atoms with Crippen molar-refractivity contribution in [1.82, 2.24) is 20.4 Å². The van der Waals surface area contributed by atoms with Crippen LogP contribution in [0.3, 0.4) is 0 Å². The van der Waals surface area contributed by atoms with Gasteiger partial charge in [-0.3, -0.25) is 0 Å². The summed E-state index contributed by atoms with van der Waals surface area (Å²) in [4.78, 5) is 0. The Kier molecular flexibility index (Phi) is 5.65. The van der Waals surface area contributed by atoms with Crippen LogP contribution >= 0.6 is 0 Å². The molecule has 35 heavy (non-hydrogen) atoms. The van der Waals surface area contributed by atoms with Crippen LogP contribution in [0, 0.1) is 0 Å². The molecule has 5 aromatic rings. The minimum absolute atomic E-state index is 0.0850. The molecule has 0 unspecified atom stereocenters. The first-order valence-electron chi connectivity index (χ1n) is 11.4. The SMILES string of the molecule is C=C(C)c1ccc(-c2nnc(-c3cccc(-c4nnc(-c5ccc(C(C)(C)C)cc5)o4)c3)o2)cc1. The molecule has 2 heterocycles. The zero-order chi connectivity index (χ0) is 24.6. The Labute approximate surface area is 204 Å². The van der Waals surface area contributed by atoms with E-state index in [0.717, 1.165) is 33.4 Å². The molecule has 174 valence electrons. The molecule has 0 aliphatic rings. The van der Waals surface area contributed by atoms with Crippen molar-refractivity contribution in [2.24, 2.45) is 0 Å². The number of hydrogen-bond acceptors (Lipinski definition) is 6. The van der Waals surface area contributed by atoms with Crippen LogP contribution in [-0.2, 0) is 5.41 Å². The molecule has 0 saturated heterocycles. The van der Waals surface area contributed by atoms with Gasteiger partial charge < -0.3 is 8.83 Å². The van der Waals surface area contributed by atoms with E-state index in [0.29, 0.717) is 23.6 Å². The van der Waals surface area contributed by atoms with Crippen molar-refractivity contribution in [3.63, 3.8) is 0 Å². The summed E-state index contributed by atoms with van der Waals surface area (Å²) >= 11 is 0. The van der Waals surface area contributed by atoms with E-state index in [1.165, 1.54) is 5.56 Å². The van der Waals surface area contributed by atoms with Gasteiger partial charge in [0, 0.05) is 22.3 Å². The van der Waals surface area contributed by atoms with E-state index in [1.54, 1.807) is 0 Å². The molecule has 3 aromatic carbocycles. The summed E-state index contributed by atoms with van der Waals surface area (Å²) in [6.45, 7) is 12.5. The van der Waals surface area contributed by atoms with Gasteiger partial charge in [0.1, 0.15) is 0 Å². The van der Waals surface area contributed by atoms with Gasteiger partial charge in [0.15, 0.2) is 0 Å². The van der Waals surface area contributed by atoms with Crippen molar-refractivity contribution in [2.45, 2.75) is 33.1 Å². The summed E-state index contributed by atoms with van der Waals surface area (Å²) in [6, 6.07) is 23.7. The second kappa shape index (κ2) is 8.80. The van der Waals surface area contributed by atoms with Gasteiger partial charge in [-0.1, -0.05) is 63.3 Å². The van der Waals surface area contributed by atoms with Crippen LogP contribution < -0.4 is 0 Å². The smallest absolute Gasteiger partial charge is 0.248 e. The fourth-order valence-electron chi connectivity index (χ4n) is 3.71. The highest BCUT2D eigenvalue weighted by Crippen LogP contribution is 2.30. The molecule has 0 aliphatic heterocycles. The first kappa shape index (κ1) is 22.5. The number of allylic oxidation sites excluding steroid dienone is 1. The average molecular weight is 463 g/mol. The first-order chi connectivity index (χ1) is 16.8. The lowest BCUT2D eigenvalue weighted by Crippen LogP contribution is -2.10. The molecule has 0 spiro atoms. The largest absolute Gasteiger partial charge is 0.416 e. The van der Waals surface area contributed by atoms with Crippen LogP contribution in [0.5, 0.6) is 0 Å². The predicted molar refractivity (Wildman–Crippen MR) is 137 cm³/mol. The monoisotopic (exact) mass is 462 g/mol. The Bertz CT molecular complexity index is 1490.